The molecule has 21 heavy (non-hydrogen) atoms. The molecule has 0 fully saturated rings. The standard InChI is InChI=1S/C16H15Br2N3/c1-21-15-5-3-2-4-14(15)20-16(21)9-13(19)11-7-6-10(17)8-12(11)18/h2-8,13H,9,19H2,1H3. The highest BCUT2D eigenvalue weighted by atomic mass is 79.9. The highest BCUT2D eigenvalue weighted by Gasteiger charge is 2.15. The van der Waals surface area contributed by atoms with Crippen LogP contribution >= 0.6 is 31.9 Å². The Kier molecular flexibility index (Phi) is 4.15. The minimum absolute atomic E-state index is 0.0945. The predicted molar refractivity (Wildman–Crippen MR) is 93.2 cm³/mol. The van der Waals surface area contributed by atoms with Gasteiger partial charge in [0.1, 0.15) is 5.82 Å². The predicted octanol–water partition coefficient (Wildman–Crippen LogP) is 4.34. The van der Waals surface area contributed by atoms with Crippen molar-refractivity contribution < 1.29 is 0 Å². The number of nitrogens with zero attached hydrogens (tertiary/aromatic N) is 2. The van der Waals surface area contributed by atoms with Crippen molar-refractivity contribution in [2.75, 3.05) is 0 Å². The average Bonchev–Trinajstić information content (AvgIpc) is 2.76. The van der Waals surface area contributed by atoms with Crippen LogP contribution in [0.15, 0.2) is 51.4 Å². The molecule has 2 N–H and O–H groups in total. The van der Waals surface area contributed by atoms with Crippen molar-refractivity contribution in [3.63, 3.8) is 0 Å². The summed E-state index contributed by atoms with van der Waals surface area (Å²) in [5.74, 6) is 0.999. The van der Waals surface area contributed by atoms with Gasteiger partial charge in [0, 0.05) is 28.5 Å². The lowest BCUT2D eigenvalue weighted by molar-refractivity contribution is 0.663. The van der Waals surface area contributed by atoms with Crippen molar-refractivity contribution in [1.82, 2.24) is 9.55 Å². The maximum absolute atomic E-state index is 6.37. The Hall–Kier alpha value is -1.17. The van der Waals surface area contributed by atoms with E-state index in [0.29, 0.717) is 6.42 Å². The van der Waals surface area contributed by atoms with Crippen molar-refractivity contribution >= 4 is 42.9 Å². The van der Waals surface area contributed by atoms with Crippen molar-refractivity contribution in [3.8, 4) is 0 Å². The maximum atomic E-state index is 6.37. The molecule has 0 radical (unpaired) electrons. The summed E-state index contributed by atoms with van der Waals surface area (Å²) in [6.45, 7) is 0. The van der Waals surface area contributed by atoms with Gasteiger partial charge in [-0.1, -0.05) is 50.1 Å². The Bertz CT molecular complexity index is 795. The fourth-order valence-corrected chi connectivity index (χ4v) is 3.83. The van der Waals surface area contributed by atoms with Gasteiger partial charge in [0.05, 0.1) is 11.0 Å². The largest absolute Gasteiger partial charge is 0.331 e. The molecule has 108 valence electrons. The molecule has 1 heterocycles. The van der Waals surface area contributed by atoms with E-state index in [1.165, 1.54) is 0 Å². The Labute approximate surface area is 140 Å². The third-order valence-corrected chi connectivity index (χ3v) is 4.82. The molecule has 1 unspecified atom stereocenters. The second-order valence-corrected chi connectivity index (χ2v) is 6.82. The van der Waals surface area contributed by atoms with Gasteiger partial charge in [-0.25, -0.2) is 4.98 Å². The zero-order chi connectivity index (χ0) is 15.0. The minimum Gasteiger partial charge on any atom is -0.331 e. The summed E-state index contributed by atoms with van der Waals surface area (Å²) in [5, 5.41) is 0. The van der Waals surface area contributed by atoms with Gasteiger partial charge in [0.25, 0.3) is 0 Å². The molecule has 0 bridgehead atoms. The van der Waals surface area contributed by atoms with Crippen LogP contribution in [0.3, 0.4) is 0 Å². The molecule has 3 aromatic rings. The molecule has 5 heteroatoms. The van der Waals surface area contributed by atoms with Crippen LogP contribution in [0.25, 0.3) is 11.0 Å². The van der Waals surface area contributed by atoms with Crippen LogP contribution in [0.1, 0.15) is 17.4 Å². The Morgan fingerprint density at radius 1 is 1.19 bits per heavy atom. The van der Waals surface area contributed by atoms with Crippen molar-refractivity contribution in [3.05, 3.63) is 62.8 Å². The lowest BCUT2D eigenvalue weighted by Crippen LogP contribution is -2.16. The first-order chi connectivity index (χ1) is 10.1. The van der Waals surface area contributed by atoms with Gasteiger partial charge >= 0.3 is 0 Å². The number of aryl methyl sites for hydroxylation is 1. The number of imidazole rings is 1. The zero-order valence-electron chi connectivity index (χ0n) is 11.6. The fraction of sp³-hybridized carbons (Fsp3) is 0.188. The Morgan fingerprint density at radius 2 is 1.95 bits per heavy atom. The third-order valence-electron chi connectivity index (χ3n) is 3.64. The number of aromatic nitrogens is 2. The van der Waals surface area contributed by atoms with Crippen molar-refractivity contribution in [1.29, 1.82) is 0 Å². The molecule has 1 atom stereocenters. The Morgan fingerprint density at radius 3 is 2.67 bits per heavy atom. The highest BCUT2D eigenvalue weighted by molar-refractivity contribution is 9.11. The number of benzene rings is 2. The summed E-state index contributed by atoms with van der Waals surface area (Å²) >= 11 is 7.04. The summed E-state index contributed by atoms with van der Waals surface area (Å²) in [7, 11) is 2.04. The van der Waals surface area contributed by atoms with Gasteiger partial charge in [-0.05, 0) is 29.8 Å². The lowest BCUT2D eigenvalue weighted by atomic mass is 10.0. The van der Waals surface area contributed by atoms with E-state index in [-0.39, 0.29) is 6.04 Å². The molecule has 0 saturated carbocycles. The number of hydrogen-bond acceptors (Lipinski definition) is 2. The van der Waals surface area contributed by atoms with E-state index in [9.17, 15) is 0 Å². The normalized spacial score (nSPS) is 12.8. The molecule has 0 saturated heterocycles. The Balaban J connectivity index is 1.92. The van der Waals surface area contributed by atoms with Gasteiger partial charge in [0.15, 0.2) is 0 Å². The quantitative estimate of drug-likeness (QED) is 0.700. The molecule has 3 rings (SSSR count). The van der Waals surface area contributed by atoms with Crippen molar-refractivity contribution in [2.45, 2.75) is 12.5 Å². The topological polar surface area (TPSA) is 43.8 Å². The molecular formula is C16H15Br2N3. The highest BCUT2D eigenvalue weighted by Crippen LogP contribution is 2.28. The monoisotopic (exact) mass is 407 g/mol. The summed E-state index contributed by atoms with van der Waals surface area (Å²) in [5.41, 5.74) is 9.60. The number of rotatable bonds is 3. The lowest BCUT2D eigenvalue weighted by Gasteiger charge is -2.14. The van der Waals surface area contributed by atoms with Gasteiger partial charge in [0.2, 0.25) is 0 Å². The van der Waals surface area contributed by atoms with Crippen LogP contribution in [0, 0.1) is 0 Å². The smallest absolute Gasteiger partial charge is 0.111 e. The summed E-state index contributed by atoms with van der Waals surface area (Å²) in [6, 6.07) is 14.1. The fourth-order valence-electron chi connectivity index (χ4n) is 2.49. The second-order valence-electron chi connectivity index (χ2n) is 5.05. The first-order valence-corrected chi connectivity index (χ1v) is 8.25. The summed E-state index contributed by atoms with van der Waals surface area (Å²) < 4.78 is 4.17. The van der Waals surface area contributed by atoms with E-state index >= 15 is 0 Å². The number of nitrogens with two attached hydrogens (primary N) is 1. The number of hydrogen-bond donors (Lipinski definition) is 1. The molecule has 0 aliphatic heterocycles. The van der Waals surface area contributed by atoms with Crippen LogP contribution in [0.4, 0.5) is 0 Å². The van der Waals surface area contributed by atoms with E-state index in [4.69, 9.17) is 5.73 Å². The van der Waals surface area contributed by atoms with Gasteiger partial charge in [-0.3, -0.25) is 0 Å². The molecule has 3 nitrogen and oxygen atoms in total. The van der Waals surface area contributed by atoms with Crippen molar-refractivity contribution in [2.24, 2.45) is 12.8 Å². The molecule has 0 aliphatic carbocycles. The van der Waals surface area contributed by atoms with E-state index < -0.39 is 0 Å². The van der Waals surface area contributed by atoms with E-state index in [2.05, 4.69) is 47.5 Å². The van der Waals surface area contributed by atoms with E-state index in [1.807, 2.05) is 43.4 Å². The minimum atomic E-state index is -0.0945. The maximum Gasteiger partial charge on any atom is 0.111 e. The van der Waals surface area contributed by atoms with Crippen LogP contribution in [0.2, 0.25) is 0 Å². The molecule has 0 amide bonds. The summed E-state index contributed by atoms with van der Waals surface area (Å²) in [6.07, 6.45) is 0.700. The number of para-hydroxylation sites is 2. The second kappa shape index (κ2) is 5.91. The van der Waals surface area contributed by atoms with Gasteiger partial charge in [-0.15, -0.1) is 0 Å². The van der Waals surface area contributed by atoms with Gasteiger partial charge < -0.3 is 10.3 Å². The summed E-state index contributed by atoms with van der Waals surface area (Å²) in [4.78, 5) is 4.68. The molecular weight excluding hydrogens is 394 g/mol. The number of fused-ring (bicyclic) bond motifs is 1. The van der Waals surface area contributed by atoms with Gasteiger partial charge in [-0.2, -0.15) is 0 Å². The first-order valence-electron chi connectivity index (χ1n) is 6.67. The van der Waals surface area contributed by atoms with Crippen LogP contribution in [-0.4, -0.2) is 9.55 Å². The number of halogens is 2. The molecule has 2 aromatic carbocycles. The average molecular weight is 409 g/mol. The first kappa shape index (κ1) is 14.8. The van der Waals surface area contributed by atoms with E-state index in [0.717, 1.165) is 31.4 Å². The molecule has 1 aromatic heterocycles. The molecule has 0 aliphatic rings. The zero-order valence-corrected chi connectivity index (χ0v) is 14.7. The van der Waals surface area contributed by atoms with Crippen LogP contribution in [-0.2, 0) is 13.5 Å². The van der Waals surface area contributed by atoms with Crippen LogP contribution in [0.5, 0.6) is 0 Å². The third kappa shape index (κ3) is 2.91. The SMILES string of the molecule is Cn1c(CC(N)c2ccc(Br)cc2Br)nc2ccccc21. The van der Waals surface area contributed by atoms with Crippen LogP contribution < -0.4 is 5.73 Å². The molecule has 0 spiro atoms. The van der Waals surface area contributed by atoms with E-state index in [1.54, 1.807) is 0 Å².